The minimum atomic E-state index is 0.250. The van der Waals surface area contributed by atoms with Crippen molar-refractivity contribution in [3.8, 4) is 0 Å². The quantitative estimate of drug-likeness (QED) is 0.628. The minimum Gasteiger partial charge on any atom is -0.278 e. The lowest BCUT2D eigenvalue weighted by Gasteiger charge is -1.81. The number of rotatable bonds is 0. The summed E-state index contributed by atoms with van der Waals surface area (Å²) in [6.45, 7) is 0. The molecule has 0 radical (unpaired) electrons. The smallest absolute Gasteiger partial charge is 0.278 e. The van der Waals surface area contributed by atoms with Gasteiger partial charge in [0, 0.05) is 5.39 Å². The Morgan fingerprint density at radius 2 is 1.92 bits per heavy atom. The zero-order valence-electron chi connectivity index (χ0n) is 6.15. The van der Waals surface area contributed by atoms with Crippen molar-refractivity contribution in [2.75, 3.05) is 0 Å². The second-order valence-electron chi connectivity index (χ2n) is 2.04. The number of para-hydroxylation sites is 1. The molecule has 0 aliphatic carbocycles. The molecule has 0 unspecified atom stereocenters. The highest BCUT2D eigenvalue weighted by atomic mass is 16.2. The second-order valence-corrected chi connectivity index (χ2v) is 2.04. The first-order valence-electron chi connectivity index (χ1n) is 3.26. The molecule has 2 aromatic rings. The molecule has 0 spiro atoms. The van der Waals surface area contributed by atoms with Crippen LogP contribution in [-0.4, -0.2) is 16.3 Å². The van der Waals surface area contributed by atoms with E-state index in [0.29, 0.717) is 0 Å². The molecule has 0 bridgehead atoms. The van der Waals surface area contributed by atoms with Crippen molar-refractivity contribution in [1.29, 1.82) is 0 Å². The number of fused-ring (bicyclic) bond motifs is 1. The first-order valence-corrected chi connectivity index (χ1v) is 3.26. The van der Waals surface area contributed by atoms with Crippen LogP contribution in [0.1, 0.15) is 0 Å². The first-order chi connectivity index (χ1) is 5.88. The van der Waals surface area contributed by atoms with Gasteiger partial charge < -0.3 is 0 Å². The Bertz CT molecular complexity index is 358. The molecule has 0 aliphatic rings. The molecule has 0 saturated heterocycles. The number of hydrogen-bond acceptors (Lipinski definition) is 3. The fraction of sp³-hybridized carbons (Fsp3) is 0. The Balaban J connectivity index is 0.000000213. The zero-order valence-corrected chi connectivity index (χ0v) is 6.15. The molecule has 60 valence electrons. The van der Waals surface area contributed by atoms with Gasteiger partial charge in [-0.3, -0.25) is 5.10 Å². The topological polar surface area (TPSA) is 62.8 Å². The third-order valence-corrected chi connectivity index (χ3v) is 1.35. The van der Waals surface area contributed by atoms with Crippen molar-refractivity contribution < 1.29 is 9.59 Å². The molecule has 0 amide bonds. The van der Waals surface area contributed by atoms with E-state index in [1.54, 1.807) is 0 Å². The Morgan fingerprint density at radius 3 is 2.58 bits per heavy atom. The van der Waals surface area contributed by atoms with Gasteiger partial charge in [0.2, 0.25) is 0 Å². The molecular weight excluding hydrogens is 156 g/mol. The van der Waals surface area contributed by atoms with E-state index in [9.17, 15) is 0 Å². The van der Waals surface area contributed by atoms with Gasteiger partial charge in [-0.25, -0.2) is 0 Å². The van der Waals surface area contributed by atoms with E-state index < -0.39 is 0 Å². The van der Waals surface area contributed by atoms with E-state index in [1.165, 1.54) is 0 Å². The van der Waals surface area contributed by atoms with Gasteiger partial charge in [-0.15, -0.1) is 0 Å². The predicted molar refractivity (Wildman–Crippen MR) is 41.1 cm³/mol. The molecule has 0 fully saturated rings. The third kappa shape index (κ3) is 1.78. The molecule has 1 aromatic heterocycles. The number of carbonyl (C=O) groups excluding carboxylic acids is 2. The average Bonchev–Trinajstić information content (AvgIpc) is 2.52. The summed E-state index contributed by atoms with van der Waals surface area (Å²) in [7, 11) is 0. The van der Waals surface area contributed by atoms with Crippen molar-refractivity contribution in [2.24, 2.45) is 0 Å². The summed E-state index contributed by atoms with van der Waals surface area (Å²) in [5.74, 6) is 0. The normalized spacial score (nSPS) is 8.33. The van der Waals surface area contributed by atoms with Crippen molar-refractivity contribution in [3.05, 3.63) is 30.5 Å². The van der Waals surface area contributed by atoms with Crippen LogP contribution in [0.5, 0.6) is 0 Å². The van der Waals surface area contributed by atoms with Crippen molar-refractivity contribution >= 4 is 17.1 Å². The van der Waals surface area contributed by atoms with Crippen molar-refractivity contribution in [1.82, 2.24) is 10.2 Å². The minimum absolute atomic E-state index is 0.250. The highest BCUT2D eigenvalue weighted by Gasteiger charge is 1.88. The summed E-state index contributed by atoms with van der Waals surface area (Å²) in [6, 6.07) is 8.01. The highest BCUT2D eigenvalue weighted by molar-refractivity contribution is 5.77. The molecular formula is C8H6N2O2. The summed E-state index contributed by atoms with van der Waals surface area (Å²) < 4.78 is 0. The maximum absolute atomic E-state index is 8.12. The third-order valence-electron chi connectivity index (χ3n) is 1.35. The van der Waals surface area contributed by atoms with E-state index in [1.807, 2.05) is 30.5 Å². The summed E-state index contributed by atoms with van der Waals surface area (Å²) >= 11 is 0. The summed E-state index contributed by atoms with van der Waals surface area (Å²) in [5, 5.41) is 7.91. The number of nitrogens with one attached hydrogen (secondary N) is 1. The lowest BCUT2D eigenvalue weighted by atomic mass is 10.3. The van der Waals surface area contributed by atoms with Gasteiger partial charge in [0.25, 0.3) is 0 Å². The summed E-state index contributed by atoms with van der Waals surface area (Å²) in [4.78, 5) is 16.2. The van der Waals surface area contributed by atoms with Gasteiger partial charge in [0.15, 0.2) is 0 Å². The number of nitrogens with zero attached hydrogens (tertiary/aromatic N) is 1. The largest absolute Gasteiger partial charge is 0.373 e. The Kier molecular flexibility index (Phi) is 2.76. The van der Waals surface area contributed by atoms with Crippen LogP contribution < -0.4 is 0 Å². The number of aromatic amines is 1. The number of benzene rings is 1. The molecule has 2 rings (SSSR count). The maximum Gasteiger partial charge on any atom is 0.373 e. The molecule has 0 saturated carbocycles. The van der Waals surface area contributed by atoms with Gasteiger partial charge >= 0.3 is 6.15 Å². The van der Waals surface area contributed by atoms with Crippen LogP contribution >= 0.6 is 0 Å². The monoisotopic (exact) mass is 162 g/mol. The summed E-state index contributed by atoms with van der Waals surface area (Å²) in [5.41, 5.74) is 1.09. The van der Waals surface area contributed by atoms with Crippen LogP contribution in [-0.2, 0) is 9.59 Å². The average molecular weight is 162 g/mol. The van der Waals surface area contributed by atoms with Gasteiger partial charge in [-0.2, -0.15) is 14.7 Å². The Hall–Kier alpha value is -1.93. The molecule has 0 aliphatic heterocycles. The standard InChI is InChI=1S/C7H6N2.CO2/c1-2-4-7-6(3-1)5-8-9-7;2-1-3/h1-5H,(H,8,9);. The zero-order chi connectivity index (χ0) is 8.81. The molecule has 4 nitrogen and oxygen atoms in total. The fourth-order valence-corrected chi connectivity index (χ4v) is 0.883. The van der Waals surface area contributed by atoms with Crippen LogP contribution in [0, 0.1) is 0 Å². The predicted octanol–water partition coefficient (Wildman–Crippen LogP) is 0.979. The number of aromatic nitrogens is 2. The van der Waals surface area contributed by atoms with Crippen LogP contribution in [0.25, 0.3) is 10.9 Å². The van der Waals surface area contributed by atoms with Gasteiger partial charge in [-0.1, -0.05) is 18.2 Å². The van der Waals surface area contributed by atoms with Gasteiger partial charge in [0.1, 0.15) is 0 Å². The van der Waals surface area contributed by atoms with E-state index in [2.05, 4.69) is 10.2 Å². The molecule has 1 N–H and O–H groups in total. The summed E-state index contributed by atoms with van der Waals surface area (Å²) in [6.07, 6.45) is 2.06. The Labute approximate surface area is 68.2 Å². The van der Waals surface area contributed by atoms with Gasteiger partial charge in [-0.05, 0) is 6.07 Å². The van der Waals surface area contributed by atoms with Crippen LogP contribution in [0.15, 0.2) is 30.5 Å². The SMILES string of the molecule is O=C=O.c1ccc2[nH]ncc2c1. The van der Waals surface area contributed by atoms with Crippen LogP contribution in [0.4, 0.5) is 0 Å². The molecule has 1 heterocycles. The lowest BCUT2D eigenvalue weighted by Crippen LogP contribution is -1.63. The number of H-pyrrole nitrogens is 1. The molecule has 0 atom stereocenters. The second kappa shape index (κ2) is 4.05. The maximum atomic E-state index is 8.12. The highest BCUT2D eigenvalue weighted by Crippen LogP contribution is 2.06. The molecule has 12 heavy (non-hydrogen) atoms. The van der Waals surface area contributed by atoms with Crippen LogP contribution in [0.2, 0.25) is 0 Å². The van der Waals surface area contributed by atoms with E-state index in [0.717, 1.165) is 10.9 Å². The van der Waals surface area contributed by atoms with Crippen LogP contribution in [0.3, 0.4) is 0 Å². The van der Waals surface area contributed by atoms with E-state index >= 15 is 0 Å². The number of hydrogen-bond donors (Lipinski definition) is 1. The molecule has 1 aromatic carbocycles. The Morgan fingerprint density at radius 1 is 1.25 bits per heavy atom. The van der Waals surface area contributed by atoms with E-state index in [4.69, 9.17) is 9.59 Å². The lowest BCUT2D eigenvalue weighted by molar-refractivity contribution is -0.191. The van der Waals surface area contributed by atoms with E-state index in [-0.39, 0.29) is 6.15 Å². The van der Waals surface area contributed by atoms with Gasteiger partial charge in [0.05, 0.1) is 11.7 Å². The van der Waals surface area contributed by atoms with Crippen molar-refractivity contribution in [3.63, 3.8) is 0 Å². The van der Waals surface area contributed by atoms with Crippen molar-refractivity contribution in [2.45, 2.75) is 0 Å². The fourth-order valence-electron chi connectivity index (χ4n) is 0.883. The molecule has 4 heteroatoms. The first kappa shape index (κ1) is 8.17.